The third kappa shape index (κ3) is 5.00. The highest BCUT2D eigenvalue weighted by Crippen LogP contribution is 2.38. The summed E-state index contributed by atoms with van der Waals surface area (Å²) in [6.07, 6.45) is 6.90. The van der Waals surface area contributed by atoms with Crippen LogP contribution in [0.3, 0.4) is 0 Å². The predicted octanol–water partition coefficient (Wildman–Crippen LogP) is 5.75. The molecular formula is C29H35ClN2O3. The standard InChI is InChI=1S/C29H35ClN2O3/c1-19-22-16-25(30)27(33)24(28(22)35-29(34)23(19)15-20-9-4-3-5-10-20)18-31(2)17-21-11-8-14-32-13-7-6-12-26(21)32/h3-5,9-10,16,21,26,33H,6-8,11-15,17-18H2,1-2H3. The maximum Gasteiger partial charge on any atom is 0.340 e. The van der Waals surface area contributed by atoms with Crippen molar-refractivity contribution in [3.8, 4) is 5.75 Å². The summed E-state index contributed by atoms with van der Waals surface area (Å²) in [5, 5.41) is 12.0. The summed E-state index contributed by atoms with van der Waals surface area (Å²) in [5.74, 6) is 0.625. The molecule has 2 saturated heterocycles. The molecule has 3 aromatic rings. The number of benzene rings is 2. The fourth-order valence-electron chi connectivity index (χ4n) is 6.22. The first-order valence-electron chi connectivity index (χ1n) is 12.9. The van der Waals surface area contributed by atoms with Gasteiger partial charge in [-0.3, -0.25) is 0 Å². The minimum Gasteiger partial charge on any atom is -0.506 e. The normalized spacial score (nSPS) is 20.9. The highest BCUT2D eigenvalue weighted by Gasteiger charge is 2.33. The van der Waals surface area contributed by atoms with Gasteiger partial charge in [-0.25, -0.2) is 4.79 Å². The van der Waals surface area contributed by atoms with Crippen LogP contribution in [0.1, 0.15) is 54.4 Å². The van der Waals surface area contributed by atoms with E-state index in [1.165, 1.54) is 45.2 Å². The predicted molar refractivity (Wildman–Crippen MR) is 141 cm³/mol. The second kappa shape index (κ2) is 10.3. The van der Waals surface area contributed by atoms with Crippen molar-refractivity contribution in [2.75, 3.05) is 26.7 Å². The van der Waals surface area contributed by atoms with E-state index in [2.05, 4.69) is 16.8 Å². The molecule has 6 heteroatoms. The molecule has 2 aliphatic heterocycles. The van der Waals surface area contributed by atoms with Gasteiger partial charge in [0.05, 0.1) is 10.6 Å². The number of hydrogen-bond acceptors (Lipinski definition) is 5. The van der Waals surface area contributed by atoms with Crippen LogP contribution in [-0.2, 0) is 13.0 Å². The minimum absolute atomic E-state index is 0.00677. The van der Waals surface area contributed by atoms with Gasteiger partial charge < -0.3 is 19.3 Å². The van der Waals surface area contributed by atoms with Gasteiger partial charge in [0, 0.05) is 36.5 Å². The molecule has 2 atom stereocenters. The molecule has 0 aliphatic carbocycles. The van der Waals surface area contributed by atoms with E-state index in [1.54, 1.807) is 6.07 Å². The Bertz CT molecular complexity index is 1250. The number of phenols is 1. The van der Waals surface area contributed by atoms with Gasteiger partial charge in [0.25, 0.3) is 0 Å². The van der Waals surface area contributed by atoms with Crippen LogP contribution in [0.4, 0.5) is 0 Å². The molecule has 2 aliphatic rings. The van der Waals surface area contributed by atoms with E-state index in [0.29, 0.717) is 46.7 Å². The zero-order chi connectivity index (χ0) is 24.5. The second-order valence-corrected chi connectivity index (χ2v) is 10.8. The maximum absolute atomic E-state index is 13.1. The Labute approximate surface area is 212 Å². The average molecular weight is 495 g/mol. The van der Waals surface area contributed by atoms with Crippen molar-refractivity contribution in [2.45, 2.75) is 58.0 Å². The molecule has 2 unspecified atom stereocenters. The van der Waals surface area contributed by atoms with Gasteiger partial charge in [0.2, 0.25) is 0 Å². The first kappa shape index (κ1) is 24.4. The van der Waals surface area contributed by atoms with Crippen molar-refractivity contribution in [3.05, 3.63) is 74.1 Å². The number of aryl methyl sites for hydroxylation is 1. The number of fused-ring (bicyclic) bond motifs is 2. The van der Waals surface area contributed by atoms with E-state index in [9.17, 15) is 9.90 Å². The van der Waals surface area contributed by atoms with Gasteiger partial charge in [0.15, 0.2) is 0 Å². The molecule has 186 valence electrons. The highest BCUT2D eigenvalue weighted by atomic mass is 35.5. The fourth-order valence-corrected chi connectivity index (χ4v) is 6.44. The number of piperidine rings is 2. The summed E-state index contributed by atoms with van der Waals surface area (Å²) in [5.41, 5.74) is 3.23. The van der Waals surface area contributed by atoms with E-state index in [4.69, 9.17) is 16.0 Å². The van der Waals surface area contributed by atoms with Gasteiger partial charge in [-0.05, 0) is 75.9 Å². The average Bonchev–Trinajstić information content (AvgIpc) is 2.86. The lowest BCUT2D eigenvalue weighted by molar-refractivity contribution is 0.0434. The molecule has 1 N–H and O–H groups in total. The number of rotatable bonds is 6. The largest absolute Gasteiger partial charge is 0.506 e. The zero-order valence-electron chi connectivity index (χ0n) is 20.7. The first-order chi connectivity index (χ1) is 16.9. The maximum atomic E-state index is 13.1. The number of nitrogens with zero attached hydrogens (tertiary/aromatic N) is 2. The van der Waals surface area contributed by atoms with Crippen LogP contribution < -0.4 is 5.63 Å². The van der Waals surface area contributed by atoms with Crippen LogP contribution in [0.25, 0.3) is 11.0 Å². The van der Waals surface area contributed by atoms with E-state index < -0.39 is 0 Å². The molecule has 5 nitrogen and oxygen atoms in total. The smallest absolute Gasteiger partial charge is 0.340 e. The lowest BCUT2D eigenvalue weighted by Gasteiger charge is -2.45. The Balaban J connectivity index is 1.44. The van der Waals surface area contributed by atoms with Crippen LogP contribution in [0.2, 0.25) is 5.02 Å². The highest BCUT2D eigenvalue weighted by molar-refractivity contribution is 6.33. The summed E-state index contributed by atoms with van der Waals surface area (Å²) in [7, 11) is 2.09. The van der Waals surface area contributed by atoms with Gasteiger partial charge >= 0.3 is 5.63 Å². The molecule has 0 radical (unpaired) electrons. The summed E-state index contributed by atoms with van der Waals surface area (Å²) < 4.78 is 5.88. The fraction of sp³-hybridized carbons (Fsp3) is 0.483. The van der Waals surface area contributed by atoms with Gasteiger partial charge in [-0.1, -0.05) is 48.4 Å². The Morgan fingerprint density at radius 3 is 2.69 bits per heavy atom. The molecule has 0 saturated carbocycles. The summed E-state index contributed by atoms with van der Waals surface area (Å²) in [6, 6.07) is 12.3. The van der Waals surface area contributed by atoms with E-state index >= 15 is 0 Å². The number of hydrogen-bond donors (Lipinski definition) is 1. The third-order valence-electron chi connectivity index (χ3n) is 8.03. The Hall–Kier alpha value is -2.34. The summed E-state index contributed by atoms with van der Waals surface area (Å²) >= 11 is 6.49. The number of aromatic hydroxyl groups is 1. The van der Waals surface area contributed by atoms with Crippen LogP contribution in [0.5, 0.6) is 5.75 Å². The summed E-state index contributed by atoms with van der Waals surface area (Å²) in [4.78, 5) is 18.0. The zero-order valence-corrected chi connectivity index (χ0v) is 21.5. The van der Waals surface area contributed by atoms with Crippen molar-refractivity contribution < 1.29 is 9.52 Å². The molecule has 2 fully saturated rings. The van der Waals surface area contributed by atoms with Crippen molar-refractivity contribution in [1.82, 2.24) is 9.80 Å². The topological polar surface area (TPSA) is 56.9 Å². The molecular weight excluding hydrogens is 460 g/mol. The Morgan fingerprint density at radius 2 is 1.89 bits per heavy atom. The molecule has 35 heavy (non-hydrogen) atoms. The lowest BCUT2D eigenvalue weighted by Crippen LogP contribution is -2.50. The summed E-state index contributed by atoms with van der Waals surface area (Å²) in [6.45, 7) is 5.81. The Kier molecular flexibility index (Phi) is 7.19. The van der Waals surface area contributed by atoms with E-state index in [1.807, 2.05) is 37.3 Å². The minimum atomic E-state index is -0.352. The van der Waals surface area contributed by atoms with Gasteiger partial charge in [0.1, 0.15) is 11.3 Å². The molecule has 1 aromatic heterocycles. The van der Waals surface area contributed by atoms with Crippen molar-refractivity contribution >= 4 is 22.6 Å². The Morgan fingerprint density at radius 1 is 1.11 bits per heavy atom. The SMILES string of the molecule is Cc1c(Cc2ccccc2)c(=O)oc2c(CN(C)CC3CCCN4CCCCC34)c(O)c(Cl)cc12. The lowest BCUT2D eigenvalue weighted by atomic mass is 9.83. The molecule has 2 aromatic carbocycles. The molecule has 0 spiro atoms. The number of phenolic OH excluding ortho intramolecular Hbond substituents is 1. The first-order valence-corrected chi connectivity index (χ1v) is 13.2. The number of halogens is 1. The van der Waals surface area contributed by atoms with Gasteiger partial charge in [-0.15, -0.1) is 0 Å². The van der Waals surface area contributed by atoms with Crippen molar-refractivity contribution in [2.24, 2.45) is 5.92 Å². The van der Waals surface area contributed by atoms with Gasteiger partial charge in [-0.2, -0.15) is 0 Å². The van der Waals surface area contributed by atoms with Crippen molar-refractivity contribution in [3.63, 3.8) is 0 Å². The monoisotopic (exact) mass is 494 g/mol. The molecule has 5 rings (SSSR count). The van der Waals surface area contributed by atoms with Crippen molar-refractivity contribution in [1.29, 1.82) is 0 Å². The van der Waals surface area contributed by atoms with Crippen LogP contribution in [0, 0.1) is 12.8 Å². The molecule has 3 heterocycles. The second-order valence-electron chi connectivity index (χ2n) is 10.4. The van der Waals surface area contributed by atoms with Crippen LogP contribution in [-0.4, -0.2) is 47.6 Å². The molecule has 0 amide bonds. The third-order valence-corrected chi connectivity index (χ3v) is 8.31. The quantitative estimate of drug-likeness (QED) is 0.442. The molecule has 0 bridgehead atoms. The van der Waals surface area contributed by atoms with E-state index in [-0.39, 0.29) is 11.4 Å². The van der Waals surface area contributed by atoms with Crippen LogP contribution in [0.15, 0.2) is 45.6 Å². The van der Waals surface area contributed by atoms with E-state index in [0.717, 1.165) is 23.1 Å². The van der Waals surface area contributed by atoms with Crippen LogP contribution >= 0.6 is 11.6 Å².